The molecule has 2 aromatic rings. The van der Waals surface area contributed by atoms with Crippen LogP contribution in [0.5, 0.6) is 0 Å². The third-order valence-electron chi connectivity index (χ3n) is 2.70. The second kappa shape index (κ2) is 6.00. The van der Waals surface area contributed by atoms with Gasteiger partial charge in [-0.1, -0.05) is 0 Å². The zero-order valence-corrected chi connectivity index (χ0v) is 11.0. The van der Waals surface area contributed by atoms with Crippen molar-refractivity contribution in [2.24, 2.45) is 0 Å². The van der Waals surface area contributed by atoms with Crippen LogP contribution in [0.1, 0.15) is 20.7 Å². The van der Waals surface area contributed by atoms with E-state index in [1.54, 1.807) is 0 Å². The lowest BCUT2D eigenvalue weighted by Gasteiger charge is -2.09. The summed E-state index contributed by atoms with van der Waals surface area (Å²) in [6.07, 6.45) is 2.59. The van der Waals surface area contributed by atoms with E-state index in [9.17, 15) is 18.8 Å². The molecule has 1 aromatic carbocycles. The number of methoxy groups -OCH3 is 1. The van der Waals surface area contributed by atoms with Gasteiger partial charge in [0.15, 0.2) is 5.43 Å². The Morgan fingerprint density at radius 2 is 2.00 bits per heavy atom. The second-order valence-electron chi connectivity index (χ2n) is 4.06. The molecule has 0 aliphatic carbocycles. The van der Waals surface area contributed by atoms with Crippen LogP contribution >= 0.6 is 0 Å². The molecule has 0 atom stereocenters. The predicted octanol–water partition coefficient (Wildman–Crippen LogP) is 1.55. The van der Waals surface area contributed by atoms with E-state index in [4.69, 9.17) is 0 Å². The van der Waals surface area contributed by atoms with E-state index in [1.165, 1.54) is 31.6 Å². The van der Waals surface area contributed by atoms with Crippen LogP contribution in [0.25, 0.3) is 0 Å². The first-order valence-corrected chi connectivity index (χ1v) is 5.89. The molecule has 2 N–H and O–H groups in total. The van der Waals surface area contributed by atoms with Crippen molar-refractivity contribution in [1.82, 2.24) is 4.98 Å². The molecule has 1 heterocycles. The highest BCUT2D eigenvalue weighted by Crippen LogP contribution is 2.18. The Morgan fingerprint density at radius 1 is 1.24 bits per heavy atom. The maximum absolute atomic E-state index is 13.3. The Balaban J connectivity index is 2.37. The standard InChI is InChI=1S/C14H11FN2O4/c1-21-14(20)9-3-2-8(15)6-11(9)17-13(19)10-7-16-5-4-12(10)18/h2-7H,1H3,(H,16,18)(H,17,19). The number of amides is 1. The van der Waals surface area contributed by atoms with Gasteiger partial charge < -0.3 is 15.0 Å². The first-order chi connectivity index (χ1) is 10.0. The molecule has 1 amide bonds. The van der Waals surface area contributed by atoms with Gasteiger partial charge in [0, 0.05) is 18.5 Å². The molecule has 0 saturated carbocycles. The van der Waals surface area contributed by atoms with E-state index in [-0.39, 0.29) is 16.8 Å². The molecule has 0 spiro atoms. The van der Waals surface area contributed by atoms with Crippen LogP contribution in [-0.2, 0) is 4.74 Å². The predicted molar refractivity (Wildman–Crippen MR) is 72.8 cm³/mol. The van der Waals surface area contributed by atoms with Gasteiger partial charge in [0.2, 0.25) is 0 Å². The van der Waals surface area contributed by atoms with Gasteiger partial charge in [0.1, 0.15) is 11.4 Å². The lowest BCUT2D eigenvalue weighted by molar-refractivity contribution is 0.0602. The Morgan fingerprint density at radius 3 is 2.67 bits per heavy atom. The van der Waals surface area contributed by atoms with Crippen molar-refractivity contribution in [2.45, 2.75) is 0 Å². The third-order valence-corrected chi connectivity index (χ3v) is 2.70. The number of ether oxygens (including phenoxy) is 1. The molecule has 0 aliphatic heterocycles. The van der Waals surface area contributed by atoms with Crippen LogP contribution in [0.3, 0.4) is 0 Å². The van der Waals surface area contributed by atoms with Gasteiger partial charge in [-0.25, -0.2) is 9.18 Å². The van der Waals surface area contributed by atoms with Crippen molar-refractivity contribution in [3.63, 3.8) is 0 Å². The van der Waals surface area contributed by atoms with E-state index >= 15 is 0 Å². The Kier molecular flexibility index (Phi) is 4.13. The summed E-state index contributed by atoms with van der Waals surface area (Å²) in [6, 6.07) is 4.41. The summed E-state index contributed by atoms with van der Waals surface area (Å²) in [7, 11) is 1.17. The highest BCUT2D eigenvalue weighted by molar-refractivity contribution is 6.07. The highest BCUT2D eigenvalue weighted by Gasteiger charge is 2.17. The molecule has 21 heavy (non-hydrogen) atoms. The van der Waals surface area contributed by atoms with Gasteiger partial charge >= 0.3 is 5.97 Å². The summed E-state index contributed by atoms with van der Waals surface area (Å²) in [4.78, 5) is 37.7. The van der Waals surface area contributed by atoms with Crippen molar-refractivity contribution in [2.75, 3.05) is 12.4 Å². The number of hydrogen-bond acceptors (Lipinski definition) is 4. The van der Waals surface area contributed by atoms with Gasteiger partial charge in [0.25, 0.3) is 5.91 Å². The molecule has 2 rings (SSSR count). The zero-order chi connectivity index (χ0) is 15.4. The first kappa shape index (κ1) is 14.4. The Labute approximate surface area is 118 Å². The average molecular weight is 290 g/mol. The van der Waals surface area contributed by atoms with E-state index < -0.39 is 23.1 Å². The van der Waals surface area contributed by atoms with Gasteiger partial charge in [-0.3, -0.25) is 9.59 Å². The number of halogens is 1. The van der Waals surface area contributed by atoms with Crippen molar-refractivity contribution < 1.29 is 18.7 Å². The maximum Gasteiger partial charge on any atom is 0.339 e. The number of H-pyrrole nitrogens is 1. The topological polar surface area (TPSA) is 88.3 Å². The molecule has 0 saturated heterocycles. The molecule has 7 heteroatoms. The number of carbonyl (C=O) groups excluding carboxylic acids is 2. The van der Waals surface area contributed by atoms with Crippen LogP contribution in [0.15, 0.2) is 41.5 Å². The van der Waals surface area contributed by atoms with E-state index in [0.717, 1.165) is 12.1 Å². The minimum atomic E-state index is -0.757. The number of esters is 1. The summed E-state index contributed by atoms with van der Waals surface area (Å²) < 4.78 is 17.8. The average Bonchev–Trinajstić information content (AvgIpc) is 2.47. The van der Waals surface area contributed by atoms with Crippen LogP contribution in [0.2, 0.25) is 0 Å². The van der Waals surface area contributed by atoms with E-state index in [1.807, 2.05) is 0 Å². The Bertz CT molecular complexity index is 755. The summed E-state index contributed by atoms with van der Waals surface area (Å²) in [5.74, 6) is -2.13. The molecule has 1 aromatic heterocycles. The monoisotopic (exact) mass is 290 g/mol. The van der Waals surface area contributed by atoms with E-state index in [0.29, 0.717) is 0 Å². The number of benzene rings is 1. The third kappa shape index (κ3) is 3.14. The minimum absolute atomic E-state index is 0.0143. The normalized spacial score (nSPS) is 10.0. The van der Waals surface area contributed by atoms with Crippen molar-refractivity contribution in [3.8, 4) is 0 Å². The number of carbonyl (C=O) groups is 2. The largest absolute Gasteiger partial charge is 0.465 e. The quantitative estimate of drug-likeness (QED) is 0.839. The molecule has 6 nitrogen and oxygen atoms in total. The van der Waals surface area contributed by atoms with Gasteiger partial charge in [-0.05, 0) is 18.2 Å². The SMILES string of the molecule is COC(=O)c1ccc(F)cc1NC(=O)c1c[nH]ccc1=O. The zero-order valence-electron chi connectivity index (χ0n) is 11.0. The molecular weight excluding hydrogens is 279 g/mol. The van der Waals surface area contributed by atoms with Gasteiger partial charge in [-0.15, -0.1) is 0 Å². The first-order valence-electron chi connectivity index (χ1n) is 5.89. The number of hydrogen-bond donors (Lipinski definition) is 2. The van der Waals surface area contributed by atoms with Crippen LogP contribution in [0, 0.1) is 5.82 Å². The molecule has 0 unspecified atom stereocenters. The summed E-state index contributed by atoms with van der Waals surface area (Å²) in [5, 5.41) is 2.32. The Hall–Kier alpha value is -2.96. The highest BCUT2D eigenvalue weighted by atomic mass is 19.1. The van der Waals surface area contributed by atoms with Gasteiger partial charge in [0.05, 0.1) is 18.4 Å². The molecule has 0 bridgehead atoms. The fourth-order valence-electron chi connectivity index (χ4n) is 1.69. The molecular formula is C14H11FN2O4. The molecule has 0 fully saturated rings. The fourth-order valence-corrected chi connectivity index (χ4v) is 1.69. The maximum atomic E-state index is 13.3. The summed E-state index contributed by atoms with van der Waals surface area (Å²) >= 11 is 0. The van der Waals surface area contributed by atoms with Crippen molar-refractivity contribution >= 4 is 17.6 Å². The number of aromatic nitrogens is 1. The summed E-state index contributed by atoms with van der Waals surface area (Å²) in [6.45, 7) is 0. The smallest absolute Gasteiger partial charge is 0.339 e. The number of anilines is 1. The second-order valence-corrected chi connectivity index (χ2v) is 4.06. The summed E-state index contributed by atoms with van der Waals surface area (Å²) in [5.41, 5.74) is -0.741. The number of nitrogens with one attached hydrogen (secondary N) is 2. The molecule has 0 aliphatic rings. The van der Waals surface area contributed by atoms with Crippen molar-refractivity contribution in [3.05, 3.63) is 63.8 Å². The van der Waals surface area contributed by atoms with Crippen LogP contribution in [-0.4, -0.2) is 24.0 Å². The molecule has 0 radical (unpaired) electrons. The minimum Gasteiger partial charge on any atom is -0.465 e. The van der Waals surface area contributed by atoms with Crippen LogP contribution < -0.4 is 10.7 Å². The fraction of sp³-hybridized carbons (Fsp3) is 0.0714. The number of aromatic amines is 1. The number of pyridine rings is 1. The number of rotatable bonds is 3. The van der Waals surface area contributed by atoms with E-state index in [2.05, 4.69) is 15.0 Å². The lowest BCUT2D eigenvalue weighted by Crippen LogP contribution is -2.22. The van der Waals surface area contributed by atoms with Gasteiger partial charge in [-0.2, -0.15) is 0 Å². The molecule has 108 valence electrons. The van der Waals surface area contributed by atoms with Crippen LogP contribution in [0.4, 0.5) is 10.1 Å². The van der Waals surface area contributed by atoms with Crippen molar-refractivity contribution in [1.29, 1.82) is 0 Å². The lowest BCUT2D eigenvalue weighted by atomic mass is 10.1.